The Morgan fingerprint density at radius 2 is 2.22 bits per heavy atom. The lowest BCUT2D eigenvalue weighted by molar-refractivity contribution is -0.135. The number of esters is 1. The highest BCUT2D eigenvalue weighted by Gasteiger charge is 2.27. The number of fused-ring (bicyclic) bond motifs is 1. The first-order chi connectivity index (χ1) is 13.1. The van der Waals surface area contributed by atoms with Gasteiger partial charge in [0.15, 0.2) is 6.61 Å². The van der Waals surface area contributed by atoms with E-state index in [0.29, 0.717) is 18.8 Å². The minimum Gasteiger partial charge on any atom is -0.450 e. The Balaban J connectivity index is 1.37. The average molecular weight is 385 g/mol. The highest BCUT2D eigenvalue weighted by Crippen LogP contribution is 2.32. The third-order valence-electron chi connectivity index (χ3n) is 4.59. The van der Waals surface area contributed by atoms with Gasteiger partial charge in [-0.05, 0) is 31.9 Å². The molecule has 8 heteroatoms. The number of carbonyl (C=O) groups excluding carboxylic acids is 2. The van der Waals surface area contributed by atoms with Crippen LogP contribution in [0, 0.1) is 6.92 Å². The molecule has 27 heavy (non-hydrogen) atoms. The van der Waals surface area contributed by atoms with Gasteiger partial charge in [-0.2, -0.15) is 0 Å². The van der Waals surface area contributed by atoms with Crippen molar-refractivity contribution in [3.8, 4) is 0 Å². The fourth-order valence-corrected chi connectivity index (χ4v) is 4.31. The Hall–Kier alpha value is -2.74. The summed E-state index contributed by atoms with van der Waals surface area (Å²) in [6.45, 7) is 2.67. The van der Waals surface area contributed by atoms with Crippen molar-refractivity contribution in [3.63, 3.8) is 0 Å². The van der Waals surface area contributed by atoms with E-state index < -0.39 is 5.97 Å². The second-order valence-corrected chi connectivity index (χ2v) is 7.67. The fraction of sp³-hybridized carbons (Fsp3) is 0.368. The molecule has 3 heterocycles. The minimum absolute atomic E-state index is 0.00583. The molecule has 1 saturated heterocycles. The molecule has 0 N–H and O–H groups in total. The first-order valence-corrected chi connectivity index (χ1v) is 9.65. The molecule has 1 aliphatic rings. The molecule has 1 atom stereocenters. The van der Waals surface area contributed by atoms with E-state index in [1.807, 2.05) is 18.2 Å². The monoisotopic (exact) mass is 385 g/mol. The molecule has 3 aromatic rings. The van der Waals surface area contributed by atoms with Gasteiger partial charge in [0.2, 0.25) is 5.76 Å². The zero-order valence-electron chi connectivity index (χ0n) is 14.9. The molecule has 1 fully saturated rings. The van der Waals surface area contributed by atoms with E-state index in [9.17, 15) is 9.59 Å². The van der Waals surface area contributed by atoms with E-state index in [4.69, 9.17) is 14.2 Å². The van der Waals surface area contributed by atoms with Gasteiger partial charge in [0.1, 0.15) is 0 Å². The Morgan fingerprint density at radius 1 is 1.37 bits per heavy atom. The van der Waals surface area contributed by atoms with Crippen LogP contribution in [-0.4, -0.2) is 46.6 Å². The molecular formula is C19H19N3O4S. The highest BCUT2D eigenvalue weighted by atomic mass is 32.1. The Bertz CT molecular complexity index is 947. The van der Waals surface area contributed by atoms with E-state index >= 15 is 0 Å². The lowest BCUT2D eigenvalue weighted by Gasteiger charge is -2.31. The molecule has 2 aromatic heterocycles. The lowest BCUT2D eigenvalue weighted by atomic mass is 9.99. The van der Waals surface area contributed by atoms with Gasteiger partial charge in [-0.3, -0.25) is 4.79 Å². The van der Waals surface area contributed by atoms with E-state index in [0.717, 1.165) is 28.1 Å². The summed E-state index contributed by atoms with van der Waals surface area (Å²) < 4.78 is 11.1. The number of hydrogen-bond donors (Lipinski definition) is 0. The number of piperidine rings is 1. The Kier molecular flexibility index (Phi) is 4.89. The third kappa shape index (κ3) is 3.85. The topological polar surface area (TPSA) is 85.5 Å². The summed E-state index contributed by atoms with van der Waals surface area (Å²) in [5.41, 5.74) is 1.58. The van der Waals surface area contributed by atoms with Crippen LogP contribution in [0.5, 0.6) is 0 Å². The smallest absolute Gasteiger partial charge is 0.377 e. The van der Waals surface area contributed by atoms with Crippen LogP contribution in [0.4, 0.5) is 0 Å². The number of nitrogens with zero attached hydrogens (tertiary/aromatic N) is 3. The number of amides is 1. The van der Waals surface area contributed by atoms with Crippen molar-refractivity contribution in [1.82, 2.24) is 15.0 Å². The molecule has 7 nitrogen and oxygen atoms in total. The SMILES string of the molecule is Cc1cc(C(=O)OCC(=O)N2CCC[C@@H](c3nc4ccccc4s3)C2)on1. The molecule has 0 aliphatic carbocycles. The van der Waals surface area contributed by atoms with Crippen LogP contribution in [0.2, 0.25) is 0 Å². The van der Waals surface area contributed by atoms with Crippen molar-refractivity contribution in [2.24, 2.45) is 0 Å². The molecule has 0 radical (unpaired) electrons. The van der Waals surface area contributed by atoms with Gasteiger partial charge in [0.05, 0.1) is 20.9 Å². The zero-order chi connectivity index (χ0) is 18.8. The summed E-state index contributed by atoms with van der Waals surface area (Å²) in [5, 5.41) is 4.70. The van der Waals surface area contributed by atoms with Crippen molar-refractivity contribution in [2.45, 2.75) is 25.7 Å². The Morgan fingerprint density at radius 3 is 3.00 bits per heavy atom. The van der Waals surface area contributed by atoms with Gasteiger partial charge in [-0.15, -0.1) is 11.3 Å². The zero-order valence-corrected chi connectivity index (χ0v) is 15.7. The van der Waals surface area contributed by atoms with Crippen LogP contribution in [0.15, 0.2) is 34.9 Å². The van der Waals surface area contributed by atoms with Crippen LogP contribution in [-0.2, 0) is 9.53 Å². The number of rotatable bonds is 4. The summed E-state index contributed by atoms with van der Waals surface area (Å²) in [5.74, 6) is -0.659. The second-order valence-electron chi connectivity index (χ2n) is 6.61. The normalized spacial score (nSPS) is 17.2. The first-order valence-electron chi connectivity index (χ1n) is 8.84. The van der Waals surface area contributed by atoms with Crippen molar-refractivity contribution in [2.75, 3.05) is 19.7 Å². The van der Waals surface area contributed by atoms with Crippen LogP contribution in [0.3, 0.4) is 0 Å². The number of carbonyl (C=O) groups is 2. The highest BCUT2D eigenvalue weighted by molar-refractivity contribution is 7.18. The van der Waals surface area contributed by atoms with Crippen LogP contribution >= 0.6 is 11.3 Å². The summed E-state index contributed by atoms with van der Waals surface area (Å²) in [4.78, 5) is 30.8. The standard InChI is InChI=1S/C19H19N3O4S/c1-12-9-15(26-21-12)19(24)25-11-17(23)22-8-4-5-13(10-22)18-20-14-6-2-3-7-16(14)27-18/h2-3,6-7,9,13H,4-5,8,10-11H2,1H3/t13-/m1/s1. The Labute approximate surface area is 159 Å². The average Bonchev–Trinajstić information content (AvgIpc) is 3.32. The molecule has 0 unspecified atom stereocenters. The number of ether oxygens (including phenoxy) is 1. The van der Waals surface area contributed by atoms with E-state index in [1.54, 1.807) is 23.2 Å². The molecule has 0 saturated carbocycles. The van der Waals surface area contributed by atoms with Gasteiger partial charge in [0, 0.05) is 25.1 Å². The van der Waals surface area contributed by atoms with E-state index in [2.05, 4.69) is 11.2 Å². The quantitative estimate of drug-likeness (QED) is 0.641. The molecule has 0 spiro atoms. The van der Waals surface area contributed by atoms with Crippen LogP contribution in [0.1, 0.15) is 40.0 Å². The van der Waals surface area contributed by atoms with Gasteiger partial charge in [0.25, 0.3) is 5.91 Å². The van der Waals surface area contributed by atoms with Crippen LogP contribution in [0.25, 0.3) is 10.2 Å². The molecule has 0 bridgehead atoms. The first kappa shape index (κ1) is 17.7. The maximum atomic E-state index is 12.5. The van der Waals surface area contributed by atoms with Crippen LogP contribution < -0.4 is 0 Å². The van der Waals surface area contributed by atoms with Gasteiger partial charge < -0.3 is 14.2 Å². The summed E-state index contributed by atoms with van der Waals surface area (Å²) in [6, 6.07) is 9.54. The predicted molar refractivity (Wildman–Crippen MR) is 99.7 cm³/mol. The summed E-state index contributed by atoms with van der Waals surface area (Å²) >= 11 is 1.68. The predicted octanol–water partition coefficient (Wildman–Crippen LogP) is 3.16. The largest absolute Gasteiger partial charge is 0.450 e. The van der Waals surface area contributed by atoms with Gasteiger partial charge in [-0.1, -0.05) is 17.3 Å². The van der Waals surface area contributed by atoms with Crippen molar-refractivity contribution in [3.05, 3.63) is 46.8 Å². The van der Waals surface area contributed by atoms with Gasteiger partial charge in [-0.25, -0.2) is 9.78 Å². The van der Waals surface area contributed by atoms with E-state index in [1.165, 1.54) is 6.07 Å². The van der Waals surface area contributed by atoms with Crippen molar-refractivity contribution < 1.29 is 18.8 Å². The number of benzene rings is 1. The molecule has 1 aromatic carbocycles. The van der Waals surface area contributed by atoms with Gasteiger partial charge >= 0.3 is 5.97 Å². The van der Waals surface area contributed by atoms with Crippen molar-refractivity contribution >= 4 is 33.4 Å². The molecule has 140 valence electrons. The van der Waals surface area contributed by atoms with Crippen molar-refractivity contribution in [1.29, 1.82) is 0 Å². The number of aryl methyl sites for hydroxylation is 1. The minimum atomic E-state index is -0.677. The number of hydrogen-bond acceptors (Lipinski definition) is 7. The third-order valence-corrected chi connectivity index (χ3v) is 5.79. The molecule has 1 aliphatic heterocycles. The maximum absolute atomic E-state index is 12.5. The lowest BCUT2D eigenvalue weighted by Crippen LogP contribution is -2.41. The second kappa shape index (κ2) is 7.48. The maximum Gasteiger partial charge on any atom is 0.377 e. The van der Waals surface area contributed by atoms with E-state index in [-0.39, 0.29) is 24.2 Å². The number of aromatic nitrogens is 2. The number of likely N-dealkylation sites (tertiary alicyclic amines) is 1. The molecular weight excluding hydrogens is 366 g/mol. The number of para-hydroxylation sites is 1. The number of thiazole rings is 1. The fourth-order valence-electron chi connectivity index (χ4n) is 3.22. The summed E-state index contributed by atoms with van der Waals surface area (Å²) in [7, 11) is 0. The molecule has 1 amide bonds. The molecule has 4 rings (SSSR count). The summed E-state index contributed by atoms with van der Waals surface area (Å²) in [6.07, 6.45) is 1.91.